The Hall–Kier alpha value is -1.87. The first kappa shape index (κ1) is 25.2. The minimum Gasteiger partial charge on any atom is -0.508 e. The van der Waals surface area contributed by atoms with Gasteiger partial charge >= 0.3 is 6.36 Å². The summed E-state index contributed by atoms with van der Waals surface area (Å²) >= 11 is 0. The first-order valence-electron chi connectivity index (χ1n) is 8.55. The van der Waals surface area contributed by atoms with Gasteiger partial charge in [-0.25, -0.2) is 0 Å². The number of alkyl halides is 3. The van der Waals surface area contributed by atoms with E-state index >= 15 is 0 Å². The first-order chi connectivity index (χ1) is 12.9. The summed E-state index contributed by atoms with van der Waals surface area (Å²) in [7, 11) is 1.54. The maximum atomic E-state index is 12.4. The summed E-state index contributed by atoms with van der Waals surface area (Å²) in [5.41, 5.74) is 1.40. The lowest BCUT2D eigenvalue weighted by molar-refractivity contribution is -0.274. The van der Waals surface area contributed by atoms with Crippen LogP contribution in [0.25, 0.3) is 0 Å². The zero-order valence-corrected chi connectivity index (χ0v) is 17.2. The van der Waals surface area contributed by atoms with Crippen LogP contribution in [0.1, 0.15) is 17.2 Å². The van der Waals surface area contributed by atoms with Gasteiger partial charge in [-0.05, 0) is 35.9 Å². The highest BCUT2D eigenvalue weighted by atomic mass is 35.5. The second-order valence-corrected chi connectivity index (χ2v) is 6.23. The van der Waals surface area contributed by atoms with Crippen molar-refractivity contribution in [1.82, 2.24) is 10.2 Å². The smallest absolute Gasteiger partial charge is 0.508 e. The topological polar surface area (TPSA) is 54.0 Å². The van der Waals surface area contributed by atoms with Gasteiger partial charge in [0.2, 0.25) is 0 Å². The molecule has 10 heteroatoms. The van der Waals surface area contributed by atoms with E-state index in [1.54, 1.807) is 37.4 Å². The van der Waals surface area contributed by atoms with Gasteiger partial charge in [0.1, 0.15) is 17.2 Å². The fourth-order valence-corrected chi connectivity index (χ4v) is 3.26. The highest BCUT2D eigenvalue weighted by Crippen LogP contribution is 2.37. The number of ether oxygens (including phenoxy) is 2. The molecular weight excluding hydrogens is 432 g/mol. The molecule has 3 rings (SSSR count). The zero-order valence-electron chi connectivity index (χ0n) is 15.6. The Morgan fingerprint density at radius 2 is 1.59 bits per heavy atom. The van der Waals surface area contributed by atoms with Crippen LogP contribution in [0.15, 0.2) is 42.5 Å². The maximum absolute atomic E-state index is 12.4. The SMILES string of the molecule is COc1ccc(O)c([C@@H](c2ccc(OC(F)(F)F)cc2)N2CCNCC2)c1.Cl.Cl. The van der Waals surface area contributed by atoms with E-state index in [4.69, 9.17) is 4.74 Å². The quantitative estimate of drug-likeness (QED) is 0.710. The standard InChI is InChI=1S/C19H21F3N2O3.2ClH/c1-26-15-6-7-17(25)16(12-15)18(24-10-8-23-9-11-24)13-2-4-14(5-3-13)27-19(20,21)22;;/h2-7,12,18,23,25H,8-11H2,1H3;2*1H/t18-;;/m1../s1. The minimum atomic E-state index is -4.73. The minimum absolute atomic E-state index is 0. The molecule has 2 N–H and O–H groups in total. The number of hydrogen-bond acceptors (Lipinski definition) is 5. The summed E-state index contributed by atoms with van der Waals surface area (Å²) in [6.45, 7) is 3.05. The number of methoxy groups -OCH3 is 1. The van der Waals surface area contributed by atoms with Crippen LogP contribution in [0.5, 0.6) is 17.2 Å². The molecule has 0 spiro atoms. The van der Waals surface area contributed by atoms with Crippen molar-refractivity contribution in [2.24, 2.45) is 0 Å². The average molecular weight is 455 g/mol. The lowest BCUT2D eigenvalue weighted by Crippen LogP contribution is -2.45. The van der Waals surface area contributed by atoms with Crippen LogP contribution < -0.4 is 14.8 Å². The largest absolute Gasteiger partial charge is 0.573 e. The molecule has 0 unspecified atom stereocenters. The molecule has 162 valence electrons. The lowest BCUT2D eigenvalue weighted by Gasteiger charge is -2.36. The van der Waals surface area contributed by atoms with Gasteiger partial charge in [-0.2, -0.15) is 0 Å². The molecule has 0 saturated carbocycles. The average Bonchev–Trinajstić information content (AvgIpc) is 2.64. The van der Waals surface area contributed by atoms with Crippen molar-refractivity contribution in [3.63, 3.8) is 0 Å². The van der Waals surface area contributed by atoms with Gasteiger partial charge < -0.3 is 19.9 Å². The molecule has 1 saturated heterocycles. The molecule has 29 heavy (non-hydrogen) atoms. The van der Waals surface area contributed by atoms with Crippen molar-refractivity contribution < 1.29 is 27.8 Å². The number of hydrogen-bond donors (Lipinski definition) is 2. The summed E-state index contributed by atoms with van der Waals surface area (Å²) in [5.74, 6) is 0.426. The fourth-order valence-electron chi connectivity index (χ4n) is 3.26. The number of piperazine rings is 1. The Morgan fingerprint density at radius 3 is 2.14 bits per heavy atom. The van der Waals surface area contributed by atoms with Gasteiger partial charge in [-0.15, -0.1) is 38.0 Å². The van der Waals surface area contributed by atoms with Gasteiger partial charge in [-0.1, -0.05) is 12.1 Å². The Bertz CT molecular complexity index is 770. The Morgan fingerprint density at radius 1 is 1.00 bits per heavy atom. The molecule has 2 aromatic carbocycles. The van der Waals surface area contributed by atoms with E-state index < -0.39 is 6.36 Å². The highest BCUT2D eigenvalue weighted by molar-refractivity contribution is 5.85. The van der Waals surface area contributed by atoms with Crippen LogP contribution in [0, 0.1) is 0 Å². The Kier molecular flexibility index (Phi) is 9.35. The summed E-state index contributed by atoms with van der Waals surface area (Å²) in [6, 6.07) is 10.4. The Balaban J connectivity index is 0.00000210. The van der Waals surface area contributed by atoms with Crippen molar-refractivity contribution in [2.45, 2.75) is 12.4 Å². The summed E-state index contributed by atoms with van der Waals surface area (Å²) in [6.07, 6.45) is -4.73. The van der Waals surface area contributed by atoms with Crippen LogP contribution in [-0.2, 0) is 0 Å². The second kappa shape index (κ2) is 10.8. The zero-order chi connectivity index (χ0) is 19.4. The summed E-state index contributed by atoms with van der Waals surface area (Å²) < 4.78 is 46.4. The molecule has 1 aliphatic rings. The summed E-state index contributed by atoms with van der Waals surface area (Å²) in [4.78, 5) is 2.17. The van der Waals surface area contributed by atoms with E-state index in [1.165, 1.54) is 12.1 Å². The van der Waals surface area contributed by atoms with Crippen LogP contribution in [0.3, 0.4) is 0 Å². The second-order valence-electron chi connectivity index (χ2n) is 6.23. The maximum Gasteiger partial charge on any atom is 0.573 e. The molecule has 1 atom stereocenters. The molecule has 1 fully saturated rings. The molecule has 0 bridgehead atoms. The number of rotatable bonds is 5. The van der Waals surface area contributed by atoms with E-state index in [1.807, 2.05) is 0 Å². The number of halogens is 5. The number of nitrogens with zero attached hydrogens (tertiary/aromatic N) is 1. The molecule has 2 aromatic rings. The monoisotopic (exact) mass is 454 g/mol. The molecule has 0 amide bonds. The molecule has 1 heterocycles. The Labute approximate surface area is 179 Å². The molecule has 0 aliphatic carbocycles. The van der Waals surface area contributed by atoms with E-state index in [0.717, 1.165) is 31.7 Å². The van der Waals surface area contributed by atoms with Gasteiger partial charge in [0, 0.05) is 31.7 Å². The molecule has 1 aliphatic heterocycles. The van der Waals surface area contributed by atoms with E-state index in [9.17, 15) is 18.3 Å². The lowest BCUT2D eigenvalue weighted by atomic mass is 9.95. The fraction of sp³-hybridized carbons (Fsp3) is 0.368. The van der Waals surface area contributed by atoms with Crippen molar-refractivity contribution in [3.8, 4) is 17.2 Å². The molecule has 0 radical (unpaired) electrons. The van der Waals surface area contributed by atoms with Gasteiger partial charge in [0.05, 0.1) is 13.2 Å². The van der Waals surface area contributed by atoms with Gasteiger partial charge in [0.25, 0.3) is 0 Å². The van der Waals surface area contributed by atoms with E-state index in [-0.39, 0.29) is 42.4 Å². The molecule has 5 nitrogen and oxygen atoms in total. The van der Waals surface area contributed by atoms with Crippen LogP contribution >= 0.6 is 24.8 Å². The van der Waals surface area contributed by atoms with Crippen LogP contribution in [0.4, 0.5) is 13.2 Å². The number of phenolic OH excluding ortho intramolecular Hbond substituents is 1. The molecule has 0 aromatic heterocycles. The predicted octanol–water partition coefficient (Wildman–Crippen LogP) is 4.14. The van der Waals surface area contributed by atoms with E-state index in [0.29, 0.717) is 11.3 Å². The normalized spacial score (nSPS) is 15.6. The number of nitrogens with one attached hydrogen (secondary N) is 1. The van der Waals surface area contributed by atoms with E-state index in [2.05, 4.69) is 15.0 Å². The molecular formula is C19H23Cl2F3N2O3. The van der Waals surface area contributed by atoms with Crippen molar-refractivity contribution in [2.75, 3.05) is 33.3 Å². The van der Waals surface area contributed by atoms with Crippen molar-refractivity contribution in [1.29, 1.82) is 0 Å². The van der Waals surface area contributed by atoms with Crippen molar-refractivity contribution >= 4 is 24.8 Å². The third-order valence-corrected chi connectivity index (χ3v) is 4.48. The van der Waals surface area contributed by atoms with Crippen LogP contribution in [-0.4, -0.2) is 49.7 Å². The number of benzene rings is 2. The number of phenols is 1. The third-order valence-electron chi connectivity index (χ3n) is 4.48. The van der Waals surface area contributed by atoms with Crippen molar-refractivity contribution in [3.05, 3.63) is 53.6 Å². The van der Waals surface area contributed by atoms with Gasteiger partial charge in [-0.3, -0.25) is 4.90 Å². The third kappa shape index (κ3) is 6.57. The number of aromatic hydroxyl groups is 1. The van der Waals surface area contributed by atoms with Gasteiger partial charge in [0.15, 0.2) is 0 Å². The first-order valence-corrected chi connectivity index (χ1v) is 8.55. The highest BCUT2D eigenvalue weighted by Gasteiger charge is 2.31. The van der Waals surface area contributed by atoms with Crippen LogP contribution in [0.2, 0.25) is 0 Å². The summed E-state index contributed by atoms with van der Waals surface area (Å²) in [5, 5.41) is 13.7. The predicted molar refractivity (Wildman–Crippen MR) is 109 cm³/mol.